The Morgan fingerprint density at radius 2 is 1.64 bits per heavy atom. The zero-order chi connectivity index (χ0) is 23.8. The Kier molecular flexibility index (Phi) is 8.08. The lowest BCUT2D eigenvalue weighted by Gasteiger charge is -2.13. The molecule has 0 saturated heterocycles. The molecule has 3 aromatic carbocycles. The Labute approximate surface area is 197 Å². The van der Waals surface area contributed by atoms with Gasteiger partial charge in [0.05, 0.1) is 23.4 Å². The van der Waals surface area contributed by atoms with Crippen LogP contribution in [0.4, 0.5) is 5.69 Å². The minimum atomic E-state index is -4.00. The Hall–Kier alpha value is -3.36. The number of carbonyl (C=O) groups excluding carboxylic acids is 2. The zero-order valence-corrected chi connectivity index (χ0v) is 19.4. The van der Waals surface area contributed by atoms with Gasteiger partial charge in [0, 0.05) is 13.0 Å². The first-order chi connectivity index (χ1) is 15.8. The molecule has 2 N–H and O–H groups in total. The van der Waals surface area contributed by atoms with Crippen LogP contribution < -0.4 is 10.0 Å². The van der Waals surface area contributed by atoms with Crippen LogP contribution >= 0.6 is 11.6 Å². The number of esters is 1. The molecule has 0 aliphatic carbocycles. The van der Waals surface area contributed by atoms with Crippen molar-refractivity contribution in [3.63, 3.8) is 0 Å². The van der Waals surface area contributed by atoms with E-state index < -0.39 is 16.0 Å². The third-order valence-corrected chi connectivity index (χ3v) is 6.65. The summed E-state index contributed by atoms with van der Waals surface area (Å²) >= 11 is 6.03. The lowest BCUT2D eigenvalue weighted by Crippen LogP contribution is -2.23. The molecule has 0 radical (unpaired) electrons. The Morgan fingerprint density at radius 1 is 0.939 bits per heavy atom. The second kappa shape index (κ2) is 11.0. The van der Waals surface area contributed by atoms with Gasteiger partial charge in [-0.1, -0.05) is 54.1 Å². The van der Waals surface area contributed by atoms with E-state index in [4.69, 9.17) is 16.3 Å². The summed E-state index contributed by atoms with van der Waals surface area (Å²) < 4.78 is 32.8. The molecule has 0 aliphatic heterocycles. The number of methoxy groups -OCH3 is 1. The van der Waals surface area contributed by atoms with E-state index in [9.17, 15) is 18.0 Å². The van der Waals surface area contributed by atoms with Gasteiger partial charge in [-0.25, -0.2) is 13.2 Å². The molecule has 0 fully saturated rings. The average Bonchev–Trinajstić information content (AvgIpc) is 2.81. The summed E-state index contributed by atoms with van der Waals surface area (Å²) in [6, 6.07) is 20.1. The van der Waals surface area contributed by atoms with Gasteiger partial charge in [0.25, 0.3) is 10.0 Å². The number of nitrogens with one attached hydrogen (secondary N) is 2. The van der Waals surface area contributed by atoms with Gasteiger partial charge < -0.3 is 10.1 Å². The SMILES string of the molecule is COC(=O)c1cc(CNC(=O)CCc2ccccc2)cc(NS(=O)(=O)c2ccccc2Cl)c1. The van der Waals surface area contributed by atoms with Crippen molar-refractivity contribution >= 4 is 39.2 Å². The fourth-order valence-corrected chi connectivity index (χ4v) is 4.71. The third-order valence-electron chi connectivity index (χ3n) is 4.77. The average molecular weight is 487 g/mol. The highest BCUT2D eigenvalue weighted by Crippen LogP contribution is 2.25. The predicted octanol–water partition coefficient (Wildman–Crippen LogP) is 4.18. The molecule has 3 rings (SSSR count). The Balaban J connectivity index is 1.75. The normalized spacial score (nSPS) is 11.0. The fourth-order valence-electron chi connectivity index (χ4n) is 3.15. The number of aryl methyl sites for hydroxylation is 1. The van der Waals surface area contributed by atoms with E-state index in [1.807, 2.05) is 30.3 Å². The highest BCUT2D eigenvalue weighted by Gasteiger charge is 2.19. The number of anilines is 1. The summed E-state index contributed by atoms with van der Waals surface area (Å²) in [6.07, 6.45) is 0.893. The zero-order valence-electron chi connectivity index (χ0n) is 17.9. The summed E-state index contributed by atoms with van der Waals surface area (Å²) in [5.41, 5.74) is 1.87. The first-order valence-corrected chi connectivity index (χ1v) is 11.9. The molecule has 0 spiro atoms. The van der Waals surface area contributed by atoms with E-state index in [2.05, 4.69) is 10.0 Å². The maximum Gasteiger partial charge on any atom is 0.337 e. The number of rotatable bonds is 9. The number of amides is 1. The van der Waals surface area contributed by atoms with Crippen LogP contribution in [-0.4, -0.2) is 27.4 Å². The van der Waals surface area contributed by atoms with E-state index in [-0.39, 0.29) is 33.6 Å². The van der Waals surface area contributed by atoms with E-state index in [1.165, 1.54) is 37.4 Å². The van der Waals surface area contributed by atoms with Gasteiger partial charge in [-0.15, -0.1) is 0 Å². The molecular formula is C24H23ClN2O5S. The minimum absolute atomic E-state index is 0.0695. The molecule has 0 aromatic heterocycles. The lowest BCUT2D eigenvalue weighted by atomic mass is 10.1. The van der Waals surface area contributed by atoms with Crippen molar-refractivity contribution < 1.29 is 22.7 Å². The second-order valence-corrected chi connectivity index (χ2v) is 9.27. The number of sulfonamides is 1. The van der Waals surface area contributed by atoms with Gasteiger partial charge in [0.15, 0.2) is 0 Å². The highest BCUT2D eigenvalue weighted by atomic mass is 35.5. The van der Waals surface area contributed by atoms with Gasteiger partial charge in [-0.3, -0.25) is 9.52 Å². The van der Waals surface area contributed by atoms with Crippen LogP contribution in [-0.2, 0) is 32.5 Å². The van der Waals surface area contributed by atoms with Crippen molar-refractivity contribution in [3.8, 4) is 0 Å². The third kappa shape index (κ3) is 6.81. The minimum Gasteiger partial charge on any atom is -0.465 e. The number of benzene rings is 3. The van der Waals surface area contributed by atoms with Crippen LogP contribution in [0.5, 0.6) is 0 Å². The van der Waals surface area contributed by atoms with Gasteiger partial charge in [0.1, 0.15) is 4.90 Å². The predicted molar refractivity (Wildman–Crippen MR) is 127 cm³/mol. The van der Waals surface area contributed by atoms with Gasteiger partial charge in [0.2, 0.25) is 5.91 Å². The first kappa shape index (κ1) is 24.3. The topological polar surface area (TPSA) is 102 Å². The molecule has 9 heteroatoms. The quantitative estimate of drug-likeness (QED) is 0.442. The maximum atomic E-state index is 12.8. The van der Waals surface area contributed by atoms with Gasteiger partial charge in [-0.2, -0.15) is 0 Å². The highest BCUT2D eigenvalue weighted by molar-refractivity contribution is 7.92. The molecule has 7 nitrogen and oxygen atoms in total. The molecule has 0 bridgehead atoms. The number of hydrogen-bond donors (Lipinski definition) is 2. The number of hydrogen-bond acceptors (Lipinski definition) is 5. The van der Waals surface area contributed by atoms with Crippen molar-refractivity contribution in [2.24, 2.45) is 0 Å². The number of ether oxygens (including phenoxy) is 1. The van der Waals surface area contributed by atoms with Crippen LogP contribution in [0.15, 0.2) is 77.7 Å². The molecule has 1 amide bonds. The second-order valence-electron chi connectivity index (χ2n) is 7.21. The van der Waals surface area contributed by atoms with E-state index in [1.54, 1.807) is 12.1 Å². The van der Waals surface area contributed by atoms with E-state index in [0.717, 1.165) is 5.56 Å². The van der Waals surface area contributed by atoms with Crippen LogP contribution in [0.2, 0.25) is 5.02 Å². The standard InChI is InChI=1S/C24H23ClN2O5S/c1-32-24(29)19-13-18(16-26-23(28)12-11-17-7-3-2-4-8-17)14-20(15-19)27-33(30,31)22-10-6-5-9-21(22)25/h2-10,13-15,27H,11-12,16H2,1H3,(H,26,28). The summed E-state index contributed by atoms with van der Waals surface area (Å²) in [7, 11) is -2.77. The molecule has 3 aromatic rings. The monoisotopic (exact) mass is 486 g/mol. The van der Waals surface area contributed by atoms with Gasteiger partial charge in [-0.05, 0) is 47.9 Å². The summed E-state index contributed by atoms with van der Waals surface area (Å²) in [4.78, 5) is 24.3. The van der Waals surface area contributed by atoms with Crippen molar-refractivity contribution in [2.45, 2.75) is 24.3 Å². The molecule has 33 heavy (non-hydrogen) atoms. The van der Waals surface area contributed by atoms with Crippen molar-refractivity contribution in [2.75, 3.05) is 11.8 Å². The molecule has 172 valence electrons. The van der Waals surface area contributed by atoms with Crippen molar-refractivity contribution in [3.05, 3.63) is 94.5 Å². The number of halogens is 1. The molecule has 0 unspecified atom stereocenters. The molecular weight excluding hydrogens is 464 g/mol. The van der Waals surface area contributed by atoms with E-state index >= 15 is 0 Å². The van der Waals surface area contributed by atoms with Crippen LogP contribution in [0.3, 0.4) is 0 Å². The van der Waals surface area contributed by atoms with Crippen LogP contribution in [0.25, 0.3) is 0 Å². The first-order valence-electron chi connectivity index (χ1n) is 10.1. The summed E-state index contributed by atoms with van der Waals surface area (Å²) in [5.74, 6) is -0.800. The molecule has 0 heterocycles. The van der Waals surface area contributed by atoms with Crippen molar-refractivity contribution in [1.82, 2.24) is 5.32 Å². The summed E-state index contributed by atoms with van der Waals surface area (Å²) in [6.45, 7) is 0.110. The number of carbonyl (C=O) groups is 2. The largest absolute Gasteiger partial charge is 0.465 e. The fraction of sp³-hybridized carbons (Fsp3) is 0.167. The Bertz CT molecular complexity index is 1250. The molecule has 0 saturated carbocycles. The van der Waals surface area contributed by atoms with Crippen LogP contribution in [0, 0.1) is 0 Å². The molecule has 0 atom stereocenters. The lowest BCUT2D eigenvalue weighted by molar-refractivity contribution is -0.121. The van der Waals surface area contributed by atoms with E-state index in [0.29, 0.717) is 18.4 Å². The van der Waals surface area contributed by atoms with Crippen LogP contribution in [0.1, 0.15) is 27.9 Å². The smallest absolute Gasteiger partial charge is 0.337 e. The summed E-state index contributed by atoms with van der Waals surface area (Å²) in [5, 5.41) is 2.86. The van der Waals surface area contributed by atoms with Crippen molar-refractivity contribution in [1.29, 1.82) is 0 Å². The maximum absolute atomic E-state index is 12.8. The Morgan fingerprint density at radius 3 is 2.33 bits per heavy atom. The molecule has 0 aliphatic rings. The van der Waals surface area contributed by atoms with Gasteiger partial charge >= 0.3 is 5.97 Å².